The van der Waals surface area contributed by atoms with E-state index in [1.165, 1.54) is 19.3 Å². The highest BCUT2D eigenvalue weighted by Crippen LogP contribution is 2.24. The molecule has 1 aliphatic rings. The summed E-state index contributed by atoms with van der Waals surface area (Å²) in [6, 6.07) is 3.03. The van der Waals surface area contributed by atoms with Crippen LogP contribution >= 0.6 is 0 Å². The van der Waals surface area contributed by atoms with Gasteiger partial charge in [-0.1, -0.05) is 6.92 Å². The van der Waals surface area contributed by atoms with Crippen LogP contribution < -0.4 is 10.2 Å². The first-order chi connectivity index (χ1) is 9.11. The Balaban J connectivity index is 2.23. The smallest absolute Gasteiger partial charge is 0.226 e. The van der Waals surface area contributed by atoms with E-state index in [2.05, 4.69) is 34.0 Å². The van der Waals surface area contributed by atoms with Crippen LogP contribution in [0.5, 0.6) is 0 Å². The van der Waals surface area contributed by atoms with Crippen molar-refractivity contribution >= 4 is 5.95 Å². The maximum Gasteiger partial charge on any atom is 0.226 e. The molecule has 1 N–H and O–H groups in total. The first kappa shape index (κ1) is 14.3. The van der Waals surface area contributed by atoms with Gasteiger partial charge in [0.05, 0.1) is 0 Å². The summed E-state index contributed by atoms with van der Waals surface area (Å²) >= 11 is 0. The number of rotatable bonds is 4. The van der Waals surface area contributed by atoms with Crippen LogP contribution in [0.1, 0.15) is 44.5 Å². The minimum atomic E-state index is 0.481. The highest BCUT2D eigenvalue weighted by molar-refractivity contribution is 5.35. The summed E-state index contributed by atoms with van der Waals surface area (Å²) in [6.45, 7) is 10.6. The topological polar surface area (TPSA) is 41.0 Å². The van der Waals surface area contributed by atoms with Crippen molar-refractivity contribution in [3.8, 4) is 0 Å². The molecule has 0 spiro atoms. The number of anilines is 1. The fourth-order valence-corrected chi connectivity index (χ4v) is 3.02. The second-order valence-corrected chi connectivity index (χ2v) is 5.55. The van der Waals surface area contributed by atoms with Gasteiger partial charge in [-0.05, 0) is 52.6 Å². The van der Waals surface area contributed by atoms with Crippen molar-refractivity contribution in [2.24, 2.45) is 0 Å². The molecule has 0 radical (unpaired) electrons. The van der Waals surface area contributed by atoms with Gasteiger partial charge < -0.3 is 10.2 Å². The second kappa shape index (κ2) is 6.33. The number of nitrogens with zero attached hydrogens (tertiary/aromatic N) is 3. The van der Waals surface area contributed by atoms with Gasteiger partial charge in [-0.3, -0.25) is 0 Å². The fraction of sp³-hybridized carbons (Fsp3) is 0.733. The van der Waals surface area contributed by atoms with Gasteiger partial charge in [0.1, 0.15) is 0 Å². The number of hydrogen-bond acceptors (Lipinski definition) is 4. The number of aromatic nitrogens is 2. The maximum atomic E-state index is 4.64. The molecule has 1 aromatic heterocycles. The Kier molecular flexibility index (Phi) is 4.75. The third-order valence-electron chi connectivity index (χ3n) is 3.88. The van der Waals surface area contributed by atoms with Crippen LogP contribution in [0.4, 0.5) is 5.95 Å². The summed E-state index contributed by atoms with van der Waals surface area (Å²) in [5.74, 6) is 0.909. The van der Waals surface area contributed by atoms with Crippen molar-refractivity contribution in [3.05, 3.63) is 17.5 Å². The van der Waals surface area contributed by atoms with E-state index in [9.17, 15) is 0 Å². The first-order valence-corrected chi connectivity index (χ1v) is 7.44. The number of aryl methyl sites for hydroxylation is 2. The predicted octanol–water partition coefficient (Wildman–Crippen LogP) is 2.45. The molecular weight excluding hydrogens is 236 g/mol. The van der Waals surface area contributed by atoms with E-state index >= 15 is 0 Å². The Hall–Kier alpha value is -1.16. The average Bonchev–Trinajstić information content (AvgIpc) is 2.38. The highest BCUT2D eigenvalue weighted by atomic mass is 15.3. The van der Waals surface area contributed by atoms with Gasteiger partial charge in [0.15, 0.2) is 0 Å². The molecule has 1 aliphatic heterocycles. The van der Waals surface area contributed by atoms with E-state index < -0.39 is 0 Å². The molecule has 4 heteroatoms. The standard InChI is InChI=1S/C15H26N4/c1-5-16-13(4)14-8-6-7-9-19(14)15-17-11(2)10-12(3)18-15/h10,13-14,16H,5-9H2,1-4H3. The summed E-state index contributed by atoms with van der Waals surface area (Å²) in [5, 5.41) is 3.55. The molecule has 0 amide bonds. The van der Waals surface area contributed by atoms with Crippen LogP contribution in [-0.2, 0) is 0 Å². The zero-order valence-corrected chi connectivity index (χ0v) is 12.6. The van der Waals surface area contributed by atoms with Crippen LogP contribution in [0.15, 0.2) is 6.07 Å². The Bertz CT molecular complexity index is 398. The molecule has 0 saturated carbocycles. The van der Waals surface area contributed by atoms with Crippen LogP contribution in [0.3, 0.4) is 0 Å². The van der Waals surface area contributed by atoms with Gasteiger partial charge in [-0.25, -0.2) is 9.97 Å². The molecule has 2 atom stereocenters. The molecule has 0 aliphatic carbocycles. The van der Waals surface area contributed by atoms with Crippen LogP contribution in [0.2, 0.25) is 0 Å². The molecule has 1 aromatic rings. The SMILES string of the molecule is CCNC(C)C1CCCCN1c1nc(C)cc(C)n1. The lowest BCUT2D eigenvalue weighted by Gasteiger charge is -2.39. The van der Waals surface area contributed by atoms with E-state index in [4.69, 9.17) is 0 Å². The van der Waals surface area contributed by atoms with E-state index in [0.717, 1.165) is 30.4 Å². The Morgan fingerprint density at radius 3 is 2.63 bits per heavy atom. The summed E-state index contributed by atoms with van der Waals surface area (Å²) in [6.07, 6.45) is 3.78. The van der Waals surface area contributed by atoms with E-state index in [0.29, 0.717) is 12.1 Å². The summed E-state index contributed by atoms with van der Waals surface area (Å²) in [7, 11) is 0. The van der Waals surface area contributed by atoms with E-state index in [-0.39, 0.29) is 0 Å². The zero-order valence-electron chi connectivity index (χ0n) is 12.6. The summed E-state index contributed by atoms with van der Waals surface area (Å²) in [5.41, 5.74) is 2.12. The minimum absolute atomic E-state index is 0.481. The monoisotopic (exact) mass is 262 g/mol. The molecule has 1 saturated heterocycles. The van der Waals surface area contributed by atoms with E-state index in [1.807, 2.05) is 19.9 Å². The quantitative estimate of drug-likeness (QED) is 0.905. The van der Waals surface area contributed by atoms with Gasteiger partial charge in [0, 0.05) is 30.0 Å². The number of nitrogens with one attached hydrogen (secondary N) is 1. The third-order valence-corrected chi connectivity index (χ3v) is 3.88. The van der Waals surface area contributed by atoms with Crippen molar-refractivity contribution in [2.75, 3.05) is 18.0 Å². The Morgan fingerprint density at radius 2 is 2.00 bits per heavy atom. The molecule has 2 heterocycles. The molecule has 4 nitrogen and oxygen atoms in total. The lowest BCUT2D eigenvalue weighted by atomic mass is 9.97. The predicted molar refractivity (Wildman–Crippen MR) is 79.6 cm³/mol. The fourth-order valence-electron chi connectivity index (χ4n) is 3.02. The Morgan fingerprint density at radius 1 is 1.32 bits per heavy atom. The molecule has 0 bridgehead atoms. The zero-order chi connectivity index (χ0) is 13.8. The van der Waals surface area contributed by atoms with Gasteiger partial charge in [-0.2, -0.15) is 0 Å². The van der Waals surface area contributed by atoms with Crippen LogP contribution in [0.25, 0.3) is 0 Å². The molecule has 0 aromatic carbocycles. The third kappa shape index (κ3) is 3.44. The molecule has 19 heavy (non-hydrogen) atoms. The average molecular weight is 262 g/mol. The van der Waals surface area contributed by atoms with Crippen molar-refractivity contribution in [1.29, 1.82) is 0 Å². The largest absolute Gasteiger partial charge is 0.336 e. The normalized spacial score (nSPS) is 21.5. The number of likely N-dealkylation sites (N-methyl/N-ethyl adjacent to an activating group) is 1. The molecule has 1 fully saturated rings. The molecule has 106 valence electrons. The van der Waals surface area contributed by atoms with Crippen molar-refractivity contribution in [1.82, 2.24) is 15.3 Å². The summed E-state index contributed by atoms with van der Waals surface area (Å²) < 4.78 is 0. The minimum Gasteiger partial charge on any atom is -0.336 e. The molecular formula is C15H26N4. The second-order valence-electron chi connectivity index (χ2n) is 5.55. The van der Waals surface area contributed by atoms with Gasteiger partial charge in [-0.15, -0.1) is 0 Å². The van der Waals surface area contributed by atoms with Crippen LogP contribution in [0, 0.1) is 13.8 Å². The van der Waals surface area contributed by atoms with E-state index in [1.54, 1.807) is 0 Å². The highest BCUT2D eigenvalue weighted by Gasteiger charge is 2.28. The first-order valence-electron chi connectivity index (χ1n) is 7.44. The maximum absolute atomic E-state index is 4.64. The lowest BCUT2D eigenvalue weighted by Crippen LogP contribution is -2.51. The number of hydrogen-bond donors (Lipinski definition) is 1. The molecule has 2 rings (SSSR count). The lowest BCUT2D eigenvalue weighted by molar-refractivity contribution is 0.368. The van der Waals surface area contributed by atoms with Crippen molar-refractivity contribution in [3.63, 3.8) is 0 Å². The van der Waals surface area contributed by atoms with Gasteiger partial charge in [0.25, 0.3) is 0 Å². The van der Waals surface area contributed by atoms with Gasteiger partial charge in [0.2, 0.25) is 5.95 Å². The molecule has 2 unspecified atom stereocenters. The number of piperidine rings is 1. The van der Waals surface area contributed by atoms with Gasteiger partial charge >= 0.3 is 0 Å². The summed E-state index contributed by atoms with van der Waals surface area (Å²) in [4.78, 5) is 11.7. The van der Waals surface area contributed by atoms with Crippen molar-refractivity contribution in [2.45, 2.75) is 59.0 Å². The van der Waals surface area contributed by atoms with Crippen molar-refractivity contribution < 1.29 is 0 Å². The Labute approximate surface area is 116 Å². The van der Waals surface area contributed by atoms with Crippen LogP contribution in [-0.4, -0.2) is 35.1 Å².